The van der Waals surface area contributed by atoms with E-state index in [1.165, 1.54) is 17.5 Å². The van der Waals surface area contributed by atoms with Crippen molar-refractivity contribution in [1.29, 1.82) is 0 Å². The van der Waals surface area contributed by atoms with E-state index in [4.69, 9.17) is 9.47 Å². The molecule has 26 heavy (non-hydrogen) atoms. The van der Waals surface area contributed by atoms with E-state index in [9.17, 15) is 9.59 Å². The first-order valence-electron chi connectivity index (χ1n) is 8.81. The van der Waals surface area contributed by atoms with Crippen molar-refractivity contribution in [2.75, 3.05) is 6.61 Å². The van der Waals surface area contributed by atoms with Crippen LogP contribution in [0.1, 0.15) is 34.3 Å². The van der Waals surface area contributed by atoms with Gasteiger partial charge in [0.05, 0.1) is 0 Å². The van der Waals surface area contributed by atoms with Gasteiger partial charge in [-0.25, -0.2) is 0 Å². The van der Waals surface area contributed by atoms with Gasteiger partial charge < -0.3 is 9.47 Å². The predicted molar refractivity (Wildman–Crippen MR) is 95.0 cm³/mol. The van der Waals surface area contributed by atoms with E-state index in [1.54, 1.807) is 24.3 Å². The van der Waals surface area contributed by atoms with E-state index >= 15 is 0 Å². The van der Waals surface area contributed by atoms with Gasteiger partial charge in [0.2, 0.25) is 6.10 Å². The van der Waals surface area contributed by atoms with Crippen molar-refractivity contribution in [3.63, 3.8) is 0 Å². The van der Waals surface area contributed by atoms with Crippen LogP contribution < -0.4 is 20.3 Å². The molecule has 1 atom stereocenters. The van der Waals surface area contributed by atoms with E-state index in [-0.39, 0.29) is 12.5 Å². The van der Waals surface area contributed by atoms with Crippen molar-refractivity contribution >= 4 is 11.8 Å². The molecule has 1 aliphatic heterocycles. The molecule has 0 fully saturated rings. The summed E-state index contributed by atoms with van der Waals surface area (Å²) in [7, 11) is 0. The lowest BCUT2D eigenvalue weighted by molar-refractivity contribution is -0.131. The van der Waals surface area contributed by atoms with Gasteiger partial charge in [0, 0.05) is 5.56 Å². The molecule has 2 amide bonds. The first kappa shape index (κ1) is 16.4. The third-order valence-corrected chi connectivity index (χ3v) is 4.71. The Labute approximate surface area is 151 Å². The Morgan fingerprint density at radius 2 is 1.69 bits per heavy atom. The normalized spacial score (nSPS) is 17.8. The van der Waals surface area contributed by atoms with Crippen LogP contribution in [0.2, 0.25) is 0 Å². The van der Waals surface area contributed by atoms with E-state index in [2.05, 4.69) is 10.9 Å². The van der Waals surface area contributed by atoms with Crippen LogP contribution >= 0.6 is 0 Å². The highest BCUT2D eigenvalue weighted by Crippen LogP contribution is 2.30. The lowest BCUT2D eigenvalue weighted by Gasteiger charge is -2.25. The fourth-order valence-corrected chi connectivity index (χ4v) is 3.29. The molecular formula is C20H20N2O4. The summed E-state index contributed by atoms with van der Waals surface area (Å²) in [4.78, 5) is 24.6. The van der Waals surface area contributed by atoms with Gasteiger partial charge in [-0.2, -0.15) is 0 Å². The quantitative estimate of drug-likeness (QED) is 0.812. The largest absolute Gasteiger partial charge is 0.485 e. The minimum Gasteiger partial charge on any atom is -0.485 e. The molecule has 0 saturated carbocycles. The molecule has 0 radical (unpaired) electrons. The van der Waals surface area contributed by atoms with Crippen molar-refractivity contribution in [3.8, 4) is 11.5 Å². The number of benzene rings is 2. The lowest BCUT2D eigenvalue weighted by atomic mass is 9.90. The third kappa shape index (κ3) is 3.35. The van der Waals surface area contributed by atoms with Crippen molar-refractivity contribution in [2.24, 2.45) is 0 Å². The number of hydrazine groups is 1. The maximum absolute atomic E-state index is 12.3. The molecule has 2 aromatic rings. The number of para-hydroxylation sites is 2. The standard InChI is InChI=1S/C20H20N2O4/c23-19(15-10-9-13-5-1-2-6-14(13)11-15)21-22-20(24)18-12-25-16-7-3-4-8-17(16)26-18/h3-4,7-11,18H,1-2,5-6,12H2,(H,21,23)(H,22,24). The third-order valence-electron chi connectivity index (χ3n) is 4.71. The topological polar surface area (TPSA) is 76.7 Å². The Morgan fingerprint density at radius 3 is 2.54 bits per heavy atom. The zero-order valence-corrected chi connectivity index (χ0v) is 14.3. The molecule has 4 rings (SSSR count). The van der Waals surface area contributed by atoms with Crippen molar-refractivity contribution < 1.29 is 19.1 Å². The Bertz CT molecular complexity index is 849. The number of carbonyl (C=O) groups excluding carboxylic acids is 2. The van der Waals surface area contributed by atoms with Gasteiger partial charge in [-0.05, 0) is 61.1 Å². The van der Waals surface area contributed by atoms with E-state index in [0.717, 1.165) is 19.3 Å². The molecule has 0 saturated heterocycles. The van der Waals surface area contributed by atoms with Crippen molar-refractivity contribution in [2.45, 2.75) is 31.8 Å². The maximum atomic E-state index is 12.3. The summed E-state index contributed by atoms with van der Waals surface area (Å²) < 4.78 is 11.1. The summed E-state index contributed by atoms with van der Waals surface area (Å²) in [6.45, 7) is 0.0948. The SMILES string of the molecule is O=C(NNC(=O)C1COc2ccccc2O1)c1ccc2c(c1)CCCC2. The Balaban J connectivity index is 1.35. The fraction of sp³-hybridized carbons (Fsp3) is 0.300. The number of hydrogen-bond donors (Lipinski definition) is 2. The van der Waals surface area contributed by atoms with Crippen molar-refractivity contribution in [1.82, 2.24) is 10.9 Å². The number of nitrogens with one attached hydrogen (secondary N) is 2. The summed E-state index contributed by atoms with van der Waals surface area (Å²) in [5, 5.41) is 0. The highest BCUT2D eigenvalue weighted by Gasteiger charge is 2.27. The van der Waals surface area contributed by atoms with E-state index in [0.29, 0.717) is 17.1 Å². The number of rotatable bonds is 2. The number of aryl methyl sites for hydroxylation is 2. The molecule has 6 nitrogen and oxygen atoms in total. The first-order valence-corrected chi connectivity index (χ1v) is 8.81. The number of hydrogen-bond acceptors (Lipinski definition) is 4. The van der Waals surface area contributed by atoms with Crippen LogP contribution in [0.5, 0.6) is 11.5 Å². The highest BCUT2D eigenvalue weighted by atomic mass is 16.6. The summed E-state index contributed by atoms with van der Waals surface area (Å²) >= 11 is 0. The minimum atomic E-state index is -0.811. The fourth-order valence-electron chi connectivity index (χ4n) is 3.29. The van der Waals surface area contributed by atoms with Gasteiger partial charge in [-0.3, -0.25) is 20.4 Å². The number of fused-ring (bicyclic) bond motifs is 2. The summed E-state index contributed by atoms with van der Waals surface area (Å²) in [6, 6.07) is 12.9. The summed E-state index contributed by atoms with van der Waals surface area (Å²) in [6.07, 6.45) is 3.59. The van der Waals surface area contributed by atoms with E-state index in [1.807, 2.05) is 18.2 Å². The second-order valence-corrected chi connectivity index (χ2v) is 6.50. The van der Waals surface area contributed by atoms with Gasteiger partial charge in [0.25, 0.3) is 11.8 Å². The van der Waals surface area contributed by atoms with Gasteiger partial charge in [0.15, 0.2) is 11.5 Å². The second kappa shape index (κ2) is 7.07. The number of ether oxygens (including phenoxy) is 2. The van der Waals surface area contributed by atoms with Crippen LogP contribution in [0.25, 0.3) is 0 Å². The summed E-state index contributed by atoms with van der Waals surface area (Å²) in [5.74, 6) is 0.323. The average molecular weight is 352 g/mol. The Morgan fingerprint density at radius 1 is 0.923 bits per heavy atom. The number of carbonyl (C=O) groups is 2. The molecule has 134 valence electrons. The Kier molecular flexibility index (Phi) is 4.48. The molecular weight excluding hydrogens is 332 g/mol. The number of amides is 2. The van der Waals surface area contributed by atoms with Crippen molar-refractivity contribution in [3.05, 3.63) is 59.2 Å². The molecule has 2 aliphatic rings. The first-order chi connectivity index (χ1) is 12.7. The van der Waals surface area contributed by atoms with Crippen LogP contribution in [-0.4, -0.2) is 24.5 Å². The molecule has 1 heterocycles. The van der Waals surface area contributed by atoms with Gasteiger partial charge in [0.1, 0.15) is 6.61 Å². The van der Waals surface area contributed by atoms with Crippen LogP contribution in [0.4, 0.5) is 0 Å². The van der Waals surface area contributed by atoms with Crippen LogP contribution in [0, 0.1) is 0 Å². The average Bonchev–Trinajstić information content (AvgIpc) is 2.71. The molecule has 0 bridgehead atoms. The highest BCUT2D eigenvalue weighted by molar-refractivity contribution is 5.96. The zero-order chi connectivity index (χ0) is 17.9. The minimum absolute atomic E-state index is 0.0948. The van der Waals surface area contributed by atoms with Crippen LogP contribution in [0.3, 0.4) is 0 Å². The predicted octanol–water partition coefficient (Wildman–Crippen LogP) is 2.17. The van der Waals surface area contributed by atoms with Crippen LogP contribution in [-0.2, 0) is 17.6 Å². The maximum Gasteiger partial charge on any atom is 0.283 e. The van der Waals surface area contributed by atoms with Gasteiger partial charge in [-0.1, -0.05) is 18.2 Å². The molecule has 2 N–H and O–H groups in total. The monoisotopic (exact) mass is 352 g/mol. The van der Waals surface area contributed by atoms with E-state index < -0.39 is 12.0 Å². The molecule has 6 heteroatoms. The van der Waals surface area contributed by atoms with Gasteiger partial charge in [-0.15, -0.1) is 0 Å². The smallest absolute Gasteiger partial charge is 0.283 e. The Hall–Kier alpha value is -3.02. The molecule has 0 aromatic heterocycles. The molecule has 1 aliphatic carbocycles. The molecule has 1 unspecified atom stereocenters. The summed E-state index contributed by atoms with van der Waals surface area (Å²) in [5.41, 5.74) is 7.94. The lowest BCUT2D eigenvalue weighted by Crippen LogP contribution is -2.50. The van der Waals surface area contributed by atoms with Crippen LogP contribution in [0.15, 0.2) is 42.5 Å². The van der Waals surface area contributed by atoms with Gasteiger partial charge >= 0.3 is 0 Å². The zero-order valence-electron chi connectivity index (χ0n) is 14.3. The molecule has 2 aromatic carbocycles. The second-order valence-electron chi connectivity index (χ2n) is 6.50. The molecule has 0 spiro atoms.